The first-order valence-electron chi connectivity index (χ1n) is 10.6. The molecule has 0 spiro atoms. The van der Waals surface area contributed by atoms with Crippen LogP contribution in [0.25, 0.3) is 11.3 Å². The van der Waals surface area contributed by atoms with Crippen LogP contribution >= 0.6 is 0 Å². The summed E-state index contributed by atoms with van der Waals surface area (Å²) in [6, 6.07) is 9.97. The van der Waals surface area contributed by atoms with E-state index in [1.807, 2.05) is 0 Å². The second-order valence-electron chi connectivity index (χ2n) is 7.89. The molecule has 2 aromatic carbocycles. The van der Waals surface area contributed by atoms with Crippen LogP contribution in [0.2, 0.25) is 0 Å². The highest BCUT2D eigenvalue weighted by Crippen LogP contribution is 2.31. The Bertz CT molecular complexity index is 1330. The molecule has 0 aliphatic carbocycles. The zero-order valence-electron chi connectivity index (χ0n) is 18.2. The molecule has 7 nitrogen and oxygen atoms in total. The second kappa shape index (κ2) is 9.70. The number of carbonyl (C=O) groups excluding carboxylic acids is 1. The van der Waals surface area contributed by atoms with Crippen molar-refractivity contribution in [2.45, 2.75) is 36.5 Å². The van der Waals surface area contributed by atoms with Crippen LogP contribution in [0.1, 0.15) is 24.1 Å². The zero-order chi connectivity index (χ0) is 25.2. The molecule has 3 aromatic rings. The van der Waals surface area contributed by atoms with Crippen molar-refractivity contribution in [3.8, 4) is 11.3 Å². The number of hydrogen-bond donors (Lipinski definition) is 1. The summed E-state index contributed by atoms with van der Waals surface area (Å²) in [6.45, 7) is 0.0272. The van der Waals surface area contributed by atoms with Gasteiger partial charge in [-0.15, -0.1) is 0 Å². The average Bonchev–Trinajstić information content (AvgIpc) is 3.34. The molecule has 0 saturated carbocycles. The van der Waals surface area contributed by atoms with Crippen LogP contribution in [-0.4, -0.2) is 41.2 Å². The Labute approximate surface area is 198 Å². The van der Waals surface area contributed by atoms with Gasteiger partial charge >= 0.3 is 6.18 Å². The van der Waals surface area contributed by atoms with Gasteiger partial charge in [0.1, 0.15) is 23.1 Å². The summed E-state index contributed by atoms with van der Waals surface area (Å²) in [5, 5.41) is 2.64. The number of nitrogens with zero attached hydrogens (tertiary/aromatic N) is 3. The van der Waals surface area contributed by atoms with Crippen molar-refractivity contribution < 1.29 is 30.8 Å². The summed E-state index contributed by atoms with van der Waals surface area (Å²) in [5.41, 5.74) is 0.396. The molecule has 1 N–H and O–H groups in total. The number of nitrogens with one attached hydrogen (secondary N) is 1. The van der Waals surface area contributed by atoms with Crippen molar-refractivity contribution in [3.05, 3.63) is 78.0 Å². The number of amides is 1. The van der Waals surface area contributed by atoms with Gasteiger partial charge in [0.05, 0.1) is 23.5 Å². The molecule has 1 aromatic heterocycles. The Hall–Kier alpha value is -3.38. The molecule has 0 bridgehead atoms. The van der Waals surface area contributed by atoms with E-state index in [1.54, 1.807) is 0 Å². The fraction of sp³-hybridized carbons (Fsp3) is 0.261. The molecule has 12 heteroatoms. The lowest BCUT2D eigenvalue weighted by Gasteiger charge is -2.23. The second-order valence-corrected chi connectivity index (χ2v) is 9.75. The Morgan fingerprint density at radius 3 is 2.49 bits per heavy atom. The van der Waals surface area contributed by atoms with Gasteiger partial charge in [-0.25, -0.2) is 22.8 Å². The van der Waals surface area contributed by atoms with Crippen molar-refractivity contribution in [2.24, 2.45) is 0 Å². The van der Waals surface area contributed by atoms with Crippen LogP contribution in [0.4, 0.5) is 17.6 Å². The van der Waals surface area contributed by atoms with Crippen LogP contribution in [0.15, 0.2) is 65.8 Å². The highest BCUT2D eigenvalue weighted by atomic mass is 32.2. The van der Waals surface area contributed by atoms with E-state index in [4.69, 9.17) is 0 Å². The maximum absolute atomic E-state index is 14.1. The van der Waals surface area contributed by atoms with E-state index in [0.717, 1.165) is 28.6 Å². The van der Waals surface area contributed by atoms with Gasteiger partial charge in [0.15, 0.2) is 0 Å². The maximum atomic E-state index is 14.1. The normalized spacial score (nSPS) is 16.9. The zero-order valence-corrected chi connectivity index (χ0v) is 19.0. The third-order valence-corrected chi connectivity index (χ3v) is 7.55. The van der Waals surface area contributed by atoms with Crippen molar-refractivity contribution >= 4 is 15.9 Å². The Morgan fingerprint density at radius 1 is 1.09 bits per heavy atom. The van der Waals surface area contributed by atoms with Gasteiger partial charge in [0.2, 0.25) is 15.9 Å². The quantitative estimate of drug-likeness (QED) is 0.512. The average molecular weight is 508 g/mol. The van der Waals surface area contributed by atoms with E-state index in [1.165, 1.54) is 36.7 Å². The summed E-state index contributed by atoms with van der Waals surface area (Å²) < 4.78 is 79.4. The summed E-state index contributed by atoms with van der Waals surface area (Å²) in [5.74, 6) is -1.45. The van der Waals surface area contributed by atoms with Gasteiger partial charge < -0.3 is 5.32 Å². The molecule has 35 heavy (non-hydrogen) atoms. The molecule has 1 saturated heterocycles. The third-order valence-electron chi connectivity index (χ3n) is 5.61. The van der Waals surface area contributed by atoms with E-state index in [-0.39, 0.29) is 19.5 Å². The van der Waals surface area contributed by atoms with Crippen molar-refractivity contribution in [2.75, 3.05) is 6.54 Å². The van der Waals surface area contributed by atoms with Gasteiger partial charge in [-0.05, 0) is 43.2 Å². The lowest BCUT2D eigenvalue weighted by atomic mass is 10.1. The minimum atomic E-state index is -4.45. The lowest BCUT2D eigenvalue weighted by molar-refractivity contribution is -0.137. The summed E-state index contributed by atoms with van der Waals surface area (Å²) >= 11 is 0. The van der Waals surface area contributed by atoms with Crippen LogP contribution in [0.3, 0.4) is 0 Å². The summed E-state index contributed by atoms with van der Waals surface area (Å²) in [7, 11) is -4.21. The Balaban J connectivity index is 1.45. The first-order valence-corrected chi connectivity index (χ1v) is 12.0. The molecule has 1 amide bonds. The molecule has 1 fully saturated rings. The van der Waals surface area contributed by atoms with Crippen molar-refractivity contribution in [3.63, 3.8) is 0 Å². The molecule has 4 rings (SSSR count). The number of hydrogen-bond acceptors (Lipinski definition) is 5. The standard InChI is InChI=1S/C23H20F4N4O3S/c24-18-4-1-2-6-21(18)35(33,34)31-11-3-5-20(31)22(32)28-13-17-12-19(30-14-29-17)15-7-9-16(10-8-15)23(25,26)27/h1-2,4,6-10,12,14,20H,3,5,11,13H2,(H,28,32)/t20-/m0/s1. The van der Waals surface area contributed by atoms with Gasteiger partial charge in [0.25, 0.3) is 0 Å². The minimum absolute atomic E-state index is 0.0565. The largest absolute Gasteiger partial charge is 0.416 e. The first kappa shape index (κ1) is 24.7. The molecular formula is C23H20F4N4O3S. The van der Waals surface area contributed by atoms with Gasteiger partial charge in [-0.1, -0.05) is 24.3 Å². The molecule has 1 atom stereocenters. The van der Waals surface area contributed by atoms with Crippen molar-refractivity contribution in [1.29, 1.82) is 0 Å². The predicted molar refractivity (Wildman–Crippen MR) is 118 cm³/mol. The van der Waals surface area contributed by atoms with E-state index < -0.39 is 44.4 Å². The highest BCUT2D eigenvalue weighted by molar-refractivity contribution is 7.89. The van der Waals surface area contributed by atoms with Crippen LogP contribution in [-0.2, 0) is 27.5 Å². The number of aromatic nitrogens is 2. The number of halogens is 4. The molecular weight excluding hydrogens is 488 g/mol. The molecule has 2 heterocycles. The third kappa shape index (κ3) is 5.33. The summed E-state index contributed by atoms with van der Waals surface area (Å²) in [4.78, 5) is 20.5. The number of alkyl halides is 3. The Kier molecular flexibility index (Phi) is 6.86. The van der Waals surface area contributed by atoms with E-state index in [0.29, 0.717) is 23.4 Å². The van der Waals surface area contributed by atoms with Gasteiger partial charge in [-0.2, -0.15) is 17.5 Å². The predicted octanol–water partition coefficient (Wildman–Crippen LogP) is 3.77. The number of carbonyl (C=O) groups is 1. The Morgan fingerprint density at radius 2 is 1.80 bits per heavy atom. The molecule has 0 unspecified atom stereocenters. The summed E-state index contributed by atoms with van der Waals surface area (Å²) in [6.07, 6.45) is -2.51. The smallest absolute Gasteiger partial charge is 0.349 e. The first-order chi connectivity index (χ1) is 16.6. The molecule has 0 radical (unpaired) electrons. The van der Waals surface area contributed by atoms with Crippen LogP contribution in [0, 0.1) is 5.82 Å². The molecule has 184 valence electrons. The van der Waals surface area contributed by atoms with Crippen LogP contribution in [0.5, 0.6) is 0 Å². The van der Waals surface area contributed by atoms with E-state index in [2.05, 4.69) is 15.3 Å². The molecule has 1 aliphatic heterocycles. The van der Waals surface area contributed by atoms with E-state index >= 15 is 0 Å². The number of rotatable bonds is 6. The van der Waals surface area contributed by atoms with Crippen molar-refractivity contribution in [1.82, 2.24) is 19.6 Å². The topological polar surface area (TPSA) is 92.3 Å². The van der Waals surface area contributed by atoms with Gasteiger partial charge in [0, 0.05) is 12.1 Å². The highest BCUT2D eigenvalue weighted by Gasteiger charge is 2.40. The SMILES string of the molecule is O=C(NCc1cc(-c2ccc(C(F)(F)F)cc2)ncn1)[C@@H]1CCCN1S(=O)(=O)c1ccccc1F. The molecule has 1 aliphatic rings. The monoisotopic (exact) mass is 508 g/mol. The van der Waals surface area contributed by atoms with E-state index in [9.17, 15) is 30.8 Å². The lowest BCUT2D eigenvalue weighted by Crippen LogP contribution is -2.45. The maximum Gasteiger partial charge on any atom is 0.416 e. The number of sulfonamides is 1. The van der Waals surface area contributed by atoms with Crippen LogP contribution < -0.4 is 5.32 Å². The fourth-order valence-corrected chi connectivity index (χ4v) is 5.57. The number of benzene rings is 2. The minimum Gasteiger partial charge on any atom is -0.349 e. The fourth-order valence-electron chi connectivity index (χ4n) is 3.85. The van der Waals surface area contributed by atoms with Gasteiger partial charge in [-0.3, -0.25) is 4.79 Å².